The summed E-state index contributed by atoms with van der Waals surface area (Å²) >= 11 is 6.22. The van der Waals surface area contributed by atoms with Crippen molar-refractivity contribution in [2.45, 2.75) is 13.1 Å². The lowest BCUT2D eigenvalue weighted by atomic mass is 10.1. The SMILES string of the molecule is CCOC(=O)c1cnc2cc(C(F)(F)F)ccc2c1Nc1cc(Cl)c(OC)cc1OC. The number of fused-ring (bicyclic) bond motifs is 1. The molecule has 0 atom stereocenters. The highest BCUT2D eigenvalue weighted by Crippen LogP contribution is 2.40. The van der Waals surface area contributed by atoms with E-state index in [-0.39, 0.29) is 33.8 Å². The molecule has 1 aromatic heterocycles. The van der Waals surface area contributed by atoms with Crippen LogP contribution in [-0.2, 0) is 10.9 Å². The molecular formula is C21H18ClF3N2O4. The van der Waals surface area contributed by atoms with Crippen molar-refractivity contribution in [2.24, 2.45) is 0 Å². The van der Waals surface area contributed by atoms with Gasteiger partial charge in [0.1, 0.15) is 17.1 Å². The van der Waals surface area contributed by atoms with Crippen LogP contribution in [0.25, 0.3) is 10.9 Å². The first-order valence-electron chi connectivity index (χ1n) is 9.05. The van der Waals surface area contributed by atoms with Crippen molar-refractivity contribution in [3.63, 3.8) is 0 Å². The molecule has 31 heavy (non-hydrogen) atoms. The second-order valence-electron chi connectivity index (χ2n) is 6.31. The van der Waals surface area contributed by atoms with Gasteiger partial charge in [0.25, 0.3) is 0 Å². The lowest BCUT2D eigenvalue weighted by Gasteiger charge is -2.18. The number of carbonyl (C=O) groups is 1. The van der Waals surface area contributed by atoms with E-state index >= 15 is 0 Å². The van der Waals surface area contributed by atoms with E-state index in [9.17, 15) is 18.0 Å². The van der Waals surface area contributed by atoms with Gasteiger partial charge in [0.2, 0.25) is 0 Å². The van der Waals surface area contributed by atoms with Crippen LogP contribution in [0.3, 0.4) is 0 Å². The predicted molar refractivity (Wildman–Crippen MR) is 111 cm³/mol. The molecule has 0 aliphatic heterocycles. The van der Waals surface area contributed by atoms with E-state index in [0.29, 0.717) is 17.2 Å². The summed E-state index contributed by atoms with van der Waals surface area (Å²) in [6.07, 6.45) is -3.36. The topological polar surface area (TPSA) is 69.7 Å². The number of rotatable bonds is 6. The van der Waals surface area contributed by atoms with E-state index < -0.39 is 17.7 Å². The molecule has 0 unspecified atom stereocenters. The molecule has 0 radical (unpaired) electrons. The molecule has 0 spiro atoms. The Morgan fingerprint density at radius 3 is 2.45 bits per heavy atom. The Balaban J connectivity index is 2.22. The van der Waals surface area contributed by atoms with Crippen LogP contribution < -0.4 is 14.8 Å². The number of benzene rings is 2. The van der Waals surface area contributed by atoms with Crippen molar-refractivity contribution in [1.82, 2.24) is 4.98 Å². The number of hydrogen-bond acceptors (Lipinski definition) is 6. The number of halogens is 4. The van der Waals surface area contributed by atoms with Gasteiger partial charge in [-0.2, -0.15) is 13.2 Å². The molecule has 3 rings (SSSR count). The number of esters is 1. The van der Waals surface area contributed by atoms with E-state index in [1.807, 2.05) is 0 Å². The number of nitrogens with one attached hydrogen (secondary N) is 1. The largest absolute Gasteiger partial charge is 0.495 e. The van der Waals surface area contributed by atoms with Gasteiger partial charge in [-0.3, -0.25) is 4.98 Å². The van der Waals surface area contributed by atoms with Crippen LogP contribution in [0.1, 0.15) is 22.8 Å². The Morgan fingerprint density at radius 1 is 1.13 bits per heavy atom. The van der Waals surface area contributed by atoms with E-state index in [2.05, 4.69) is 10.3 Å². The number of carbonyl (C=O) groups excluding carboxylic acids is 1. The van der Waals surface area contributed by atoms with Crippen LogP contribution >= 0.6 is 11.6 Å². The Hall–Kier alpha value is -3.20. The number of methoxy groups -OCH3 is 2. The third kappa shape index (κ3) is 4.61. The minimum atomic E-state index is -4.53. The molecule has 0 saturated heterocycles. The van der Waals surface area contributed by atoms with Crippen LogP contribution in [0.4, 0.5) is 24.5 Å². The number of ether oxygens (including phenoxy) is 3. The van der Waals surface area contributed by atoms with Gasteiger partial charge >= 0.3 is 12.1 Å². The minimum Gasteiger partial charge on any atom is -0.495 e. The summed E-state index contributed by atoms with van der Waals surface area (Å²) in [4.78, 5) is 16.5. The molecule has 6 nitrogen and oxygen atoms in total. The quantitative estimate of drug-likeness (QED) is 0.471. The highest BCUT2D eigenvalue weighted by molar-refractivity contribution is 6.32. The first-order valence-corrected chi connectivity index (χ1v) is 9.43. The molecule has 0 amide bonds. The minimum absolute atomic E-state index is 0.0445. The zero-order chi connectivity index (χ0) is 22.8. The fourth-order valence-electron chi connectivity index (χ4n) is 2.96. The molecular weight excluding hydrogens is 437 g/mol. The highest BCUT2D eigenvalue weighted by atomic mass is 35.5. The zero-order valence-corrected chi connectivity index (χ0v) is 17.5. The lowest BCUT2D eigenvalue weighted by Crippen LogP contribution is -2.10. The molecule has 10 heteroatoms. The second kappa shape index (κ2) is 8.89. The molecule has 0 bridgehead atoms. The van der Waals surface area contributed by atoms with E-state index in [1.165, 1.54) is 32.5 Å². The summed E-state index contributed by atoms with van der Waals surface area (Å²) in [6.45, 7) is 1.75. The van der Waals surface area contributed by atoms with Gasteiger partial charge in [0.05, 0.1) is 48.3 Å². The Morgan fingerprint density at radius 2 is 1.84 bits per heavy atom. The number of alkyl halides is 3. The number of nitrogens with zero attached hydrogens (tertiary/aromatic N) is 1. The normalized spacial score (nSPS) is 11.3. The maximum Gasteiger partial charge on any atom is 0.416 e. The summed E-state index contributed by atoms with van der Waals surface area (Å²) in [5, 5.41) is 3.59. The van der Waals surface area contributed by atoms with Gasteiger partial charge < -0.3 is 19.5 Å². The standard InChI is InChI=1S/C21H18ClF3N2O4/c1-4-31-20(28)13-10-26-15-7-11(21(23,24)25)5-6-12(15)19(13)27-16-8-14(22)17(29-2)9-18(16)30-3/h5-10H,4H2,1-3H3,(H,26,27). The van der Waals surface area contributed by atoms with Crippen molar-refractivity contribution >= 4 is 39.8 Å². The third-order valence-corrected chi connectivity index (χ3v) is 4.72. The summed E-state index contributed by atoms with van der Waals surface area (Å²) in [5.74, 6) is 0.0231. The van der Waals surface area contributed by atoms with Crippen molar-refractivity contribution < 1.29 is 32.2 Å². The summed E-state index contributed by atoms with van der Waals surface area (Å²) < 4.78 is 55.0. The molecule has 1 heterocycles. The van der Waals surface area contributed by atoms with Gasteiger partial charge in [-0.1, -0.05) is 17.7 Å². The van der Waals surface area contributed by atoms with Crippen LogP contribution in [0.5, 0.6) is 11.5 Å². The van der Waals surface area contributed by atoms with Crippen LogP contribution in [0.15, 0.2) is 36.5 Å². The van der Waals surface area contributed by atoms with Crippen molar-refractivity contribution in [2.75, 3.05) is 26.1 Å². The van der Waals surface area contributed by atoms with Gasteiger partial charge in [-0.15, -0.1) is 0 Å². The van der Waals surface area contributed by atoms with Gasteiger partial charge in [0, 0.05) is 17.6 Å². The molecule has 0 saturated carbocycles. The second-order valence-corrected chi connectivity index (χ2v) is 6.72. The van der Waals surface area contributed by atoms with Gasteiger partial charge in [-0.05, 0) is 25.1 Å². The van der Waals surface area contributed by atoms with Crippen molar-refractivity contribution in [3.05, 3.63) is 52.7 Å². The molecule has 2 aromatic carbocycles. The number of anilines is 2. The highest BCUT2D eigenvalue weighted by Gasteiger charge is 2.31. The van der Waals surface area contributed by atoms with E-state index in [1.54, 1.807) is 13.0 Å². The van der Waals surface area contributed by atoms with Crippen LogP contribution in [0, 0.1) is 0 Å². The number of hydrogen-bond donors (Lipinski definition) is 1. The van der Waals surface area contributed by atoms with Crippen molar-refractivity contribution in [3.8, 4) is 11.5 Å². The fraction of sp³-hybridized carbons (Fsp3) is 0.238. The summed E-state index contributed by atoms with van der Waals surface area (Å²) in [5.41, 5.74) is -0.192. The van der Waals surface area contributed by atoms with Crippen molar-refractivity contribution in [1.29, 1.82) is 0 Å². The predicted octanol–water partition coefficient (Wildman–Crippen LogP) is 5.84. The third-order valence-electron chi connectivity index (χ3n) is 4.43. The average molecular weight is 455 g/mol. The molecule has 164 valence electrons. The Labute approximate surface area is 180 Å². The molecule has 0 fully saturated rings. The van der Waals surface area contributed by atoms with E-state index in [4.69, 9.17) is 25.8 Å². The maximum atomic E-state index is 13.1. The Bertz CT molecular complexity index is 1140. The molecule has 1 N–H and O–H groups in total. The average Bonchev–Trinajstić information content (AvgIpc) is 2.73. The smallest absolute Gasteiger partial charge is 0.416 e. The number of aromatic nitrogens is 1. The van der Waals surface area contributed by atoms with Crippen LogP contribution in [-0.4, -0.2) is 31.8 Å². The monoisotopic (exact) mass is 454 g/mol. The first-order chi connectivity index (χ1) is 14.7. The zero-order valence-electron chi connectivity index (χ0n) is 16.8. The molecule has 0 aliphatic rings. The fourth-order valence-corrected chi connectivity index (χ4v) is 3.20. The molecule has 0 aliphatic carbocycles. The number of pyridine rings is 1. The van der Waals surface area contributed by atoms with E-state index in [0.717, 1.165) is 12.1 Å². The summed E-state index contributed by atoms with van der Waals surface area (Å²) in [7, 11) is 2.88. The van der Waals surface area contributed by atoms with Crippen LogP contribution in [0.2, 0.25) is 5.02 Å². The lowest BCUT2D eigenvalue weighted by molar-refractivity contribution is -0.137. The molecule has 3 aromatic rings. The van der Waals surface area contributed by atoms with Gasteiger partial charge in [-0.25, -0.2) is 4.79 Å². The Kier molecular flexibility index (Phi) is 6.45. The summed E-state index contributed by atoms with van der Waals surface area (Å²) in [6, 6.07) is 6.13. The maximum absolute atomic E-state index is 13.1. The van der Waals surface area contributed by atoms with Gasteiger partial charge in [0.15, 0.2) is 0 Å². The first kappa shape index (κ1) is 22.5.